The molecule has 8 heteroatoms. The van der Waals surface area contributed by atoms with Crippen LogP contribution in [0.4, 0.5) is 5.69 Å². The number of hydrogen-bond acceptors (Lipinski definition) is 3. The van der Waals surface area contributed by atoms with Crippen LogP contribution >= 0.6 is 23.2 Å². The van der Waals surface area contributed by atoms with Crippen molar-refractivity contribution in [2.75, 3.05) is 17.1 Å². The molecule has 0 unspecified atom stereocenters. The van der Waals surface area contributed by atoms with Crippen LogP contribution in [0.15, 0.2) is 48.5 Å². The Kier molecular flexibility index (Phi) is 8.16. The van der Waals surface area contributed by atoms with Gasteiger partial charge in [-0.25, -0.2) is 8.42 Å². The Bertz CT molecular complexity index is 902. The first-order chi connectivity index (χ1) is 13.2. The number of aryl methyl sites for hydroxylation is 1. The molecule has 0 heterocycles. The van der Waals surface area contributed by atoms with Crippen molar-refractivity contribution in [3.05, 3.63) is 64.1 Å². The summed E-state index contributed by atoms with van der Waals surface area (Å²) in [6.45, 7) is 2.21. The normalized spacial score (nSPS) is 12.4. The summed E-state index contributed by atoms with van der Waals surface area (Å²) < 4.78 is 25.9. The van der Waals surface area contributed by atoms with Gasteiger partial charge in [-0.2, -0.15) is 0 Å². The maximum Gasteiger partial charge on any atom is 0.243 e. The third kappa shape index (κ3) is 6.12. The maximum atomic E-state index is 12.7. The summed E-state index contributed by atoms with van der Waals surface area (Å²) in [5, 5.41) is 4.04. The molecule has 1 N–H and O–H groups in total. The molecule has 0 bridgehead atoms. The third-order valence-corrected chi connectivity index (χ3v) is 6.09. The quantitative estimate of drug-likeness (QED) is 0.588. The fourth-order valence-electron chi connectivity index (χ4n) is 2.96. The lowest BCUT2D eigenvalue weighted by molar-refractivity contribution is -0.122. The zero-order valence-electron chi connectivity index (χ0n) is 15.9. The fraction of sp³-hybridized carbons (Fsp3) is 0.350. The van der Waals surface area contributed by atoms with E-state index in [2.05, 4.69) is 5.32 Å². The third-order valence-electron chi connectivity index (χ3n) is 4.29. The molecule has 2 aromatic rings. The van der Waals surface area contributed by atoms with Crippen molar-refractivity contribution in [3.63, 3.8) is 0 Å². The first-order valence-electron chi connectivity index (χ1n) is 9.00. The second-order valence-electron chi connectivity index (χ2n) is 6.45. The number of anilines is 1. The first kappa shape index (κ1) is 22.5. The minimum absolute atomic E-state index is 0.331. The zero-order valence-corrected chi connectivity index (χ0v) is 18.2. The zero-order chi connectivity index (χ0) is 20.7. The van der Waals surface area contributed by atoms with Crippen LogP contribution in [0.25, 0.3) is 0 Å². The molecule has 28 heavy (non-hydrogen) atoms. The van der Waals surface area contributed by atoms with Crippen LogP contribution in [-0.2, 0) is 21.2 Å². The molecular weight excluding hydrogens is 419 g/mol. The predicted molar refractivity (Wildman–Crippen MR) is 116 cm³/mol. The number of carbonyl (C=O) groups excluding carboxylic acids is 1. The molecule has 0 saturated carbocycles. The van der Waals surface area contributed by atoms with Crippen molar-refractivity contribution in [2.24, 2.45) is 0 Å². The topological polar surface area (TPSA) is 66.5 Å². The van der Waals surface area contributed by atoms with E-state index < -0.39 is 16.1 Å². The molecule has 1 atom stereocenters. The average molecular weight is 443 g/mol. The van der Waals surface area contributed by atoms with E-state index in [9.17, 15) is 13.2 Å². The number of amides is 1. The number of benzene rings is 2. The van der Waals surface area contributed by atoms with Gasteiger partial charge in [0.2, 0.25) is 15.9 Å². The predicted octanol–water partition coefficient (Wildman–Crippen LogP) is 4.29. The Morgan fingerprint density at radius 3 is 2.32 bits per heavy atom. The van der Waals surface area contributed by atoms with Crippen molar-refractivity contribution in [2.45, 2.75) is 32.2 Å². The van der Waals surface area contributed by atoms with Gasteiger partial charge in [-0.05, 0) is 55.2 Å². The van der Waals surface area contributed by atoms with Gasteiger partial charge < -0.3 is 5.32 Å². The van der Waals surface area contributed by atoms with E-state index in [-0.39, 0.29) is 5.91 Å². The summed E-state index contributed by atoms with van der Waals surface area (Å²) in [6, 6.07) is 13.1. The van der Waals surface area contributed by atoms with E-state index >= 15 is 0 Å². The fourth-order valence-corrected chi connectivity index (χ4v) is 4.53. The molecule has 0 aliphatic rings. The Morgan fingerprint density at radius 1 is 1.11 bits per heavy atom. The first-order valence-corrected chi connectivity index (χ1v) is 11.6. The Hall–Kier alpha value is -1.76. The summed E-state index contributed by atoms with van der Waals surface area (Å²) in [4.78, 5) is 12.7. The lowest BCUT2D eigenvalue weighted by Gasteiger charge is -2.30. The molecular formula is C20H24Cl2N2O3S. The number of sulfonamides is 1. The number of rotatable bonds is 9. The second-order valence-corrected chi connectivity index (χ2v) is 9.15. The minimum atomic E-state index is -3.65. The molecule has 0 aliphatic carbocycles. The molecule has 152 valence electrons. The molecule has 5 nitrogen and oxygen atoms in total. The van der Waals surface area contributed by atoms with Crippen molar-refractivity contribution >= 4 is 44.8 Å². The molecule has 0 radical (unpaired) electrons. The van der Waals surface area contributed by atoms with Gasteiger partial charge >= 0.3 is 0 Å². The number of hydrogen-bond donors (Lipinski definition) is 1. The standard InChI is InChI=1S/C20H24Cl2N2O3S/c1-3-19(24(28(2,26)27)17-12-10-16(21)11-13-17)20(25)23-14-6-8-15-7-4-5-9-18(15)22/h4-5,7,9-13,19H,3,6,8,14H2,1-2H3,(H,23,25)/t19-/m1/s1. The van der Waals surface area contributed by atoms with Crippen molar-refractivity contribution in [1.82, 2.24) is 5.32 Å². The van der Waals surface area contributed by atoms with E-state index in [0.717, 1.165) is 22.5 Å². The number of nitrogens with zero attached hydrogens (tertiary/aromatic N) is 1. The van der Waals surface area contributed by atoms with E-state index in [0.29, 0.717) is 35.1 Å². The Balaban J connectivity index is 2.05. The molecule has 2 rings (SSSR count). The van der Waals surface area contributed by atoms with Gasteiger partial charge in [-0.3, -0.25) is 9.10 Å². The Labute approximate surface area is 176 Å². The van der Waals surface area contributed by atoms with Crippen LogP contribution in [0.3, 0.4) is 0 Å². The second kappa shape index (κ2) is 10.1. The van der Waals surface area contributed by atoms with Gasteiger partial charge in [-0.15, -0.1) is 0 Å². The highest BCUT2D eigenvalue weighted by atomic mass is 35.5. The van der Waals surface area contributed by atoms with Gasteiger partial charge in [0.25, 0.3) is 0 Å². The number of carbonyl (C=O) groups is 1. The van der Waals surface area contributed by atoms with Gasteiger partial charge in [0.05, 0.1) is 11.9 Å². The van der Waals surface area contributed by atoms with E-state index in [1.54, 1.807) is 31.2 Å². The van der Waals surface area contributed by atoms with Gasteiger partial charge in [-0.1, -0.05) is 48.3 Å². The van der Waals surface area contributed by atoms with Crippen LogP contribution < -0.4 is 9.62 Å². The summed E-state index contributed by atoms with van der Waals surface area (Å²) in [5.41, 5.74) is 1.43. The van der Waals surface area contributed by atoms with Crippen LogP contribution in [0, 0.1) is 0 Å². The minimum Gasteiger partial charge on any atom is -0.354 e. The van der Waals surface area contributed by atoms with Gasteiger partial charge in [0.15, 0.2) is 0 Å². The number of halogens is 2. The van der Waals surface area contributed by atoms with E-state index in [1.165, 1.54) is 0 Å². The van der Waals surface area contributed by atoms with Gasteiger partial charge in [0.1, 0.15) is 6.04 Å². The summed E-state index contributed by atoms with van der Waals surface area (Å²) in [6.07, 6.45) is 2.86. The van der Waals surface area contributed by atoms with Crippen molar-refractivity contribution < 1.29 is 13.2 Å². The molecule has 0 saturated heterocycles. The lowest BCUT2D eigenvalue weighted by Crippen LogP contribution is -2.49. The summed E-state index contributed by atoms with van der Waals surface area (Å²) >= 11 is 12.0. The van der Waals surface area contributed by atoms with Crippen molar-refractivity contribution in [3.8, 4) is 0 Å². The van der Waals surface area contributed by atoms with Crippen LogP contribution in [-0.4, -0.2) is 33.2 Å². The molecule has 2 aromatic carbocycles. The smallest absolute Gasteiger partial charge is 0.243 e. The molecule has 0 spiro atoms. The van der Waals surface area contributed by atoms with Crippen LogP contribution in [0.5, 0.6) is 0 Å². The monoisotopic (exact) mass is 442 g/mol. The number of nitrogens with one attached hydrogen (secondary N) is 1. The van der Waals surface area contributed by atoms with Crippen LogP contribution in [0.2, 0.25) is 10.0 Å². The average Bonchev–Trinajstić information content (AvgIpc) is 2.64. The molecule has 1 amide bonds. The van der Waals surface area contributed by atoms with Crippen molar-refractivity contribution in [1.29, 1.82) is 0 Å². The lowest BCUT2D eigenvalue weighted by atomic mass is 10.1. The molecule has 0 aliphatic heterocycles. The summed E-state index contributed by atoms with van der Waals surface area (Å²) in [5.74, 6) is -0.331. The highest BCUT2D eigenvalue weighted by Crippen LogP contribution is 2.24. The van der Waals surface area contributed by atoms with E-state index in [4.69, 9.17) is 23.2 Å². The SMILES string of the molecule is CC[C@H](C(=O)NCCCc1ccccc1Cl)N(c1ccc(Cl)cc1)S(C)(=O)=O. The largest absolute Gasteiger partial charge is 0.354 e. The highest BCUT2D eigenvalue weighted by molar-refractivity contribution is 7.92. The Morgan fingerprint density at radius 2 is 1.75 bits per heavy atom. The molecule has 0 fully saturated rings. The maximum absolute atomic E-state index is 12.7. The molecule has 0 aromatic heterocycles. The van der Waals surface area contributed by atoms with Crippen LogP contribution in [0.1, 0.15) is 25.3 Å². The highest BCUT2D eigenvalue weighted by Gasteiger charge is 2.31. The van der Waals surface area contributed by atoms with E-state index in [1.807, 2.05) is 24.3 Å². The summed E-state index contributed by atoms with van der Waals surface area (Å²) in [7, 11) is -3.65. The van der Waals surface area contributed by atoms with Gasteiger partial charge in [0, 0.05) is 16.6 Å².